The summed E-state index contributed by atoms with van der Waals surface area (Å²) in [6.45, 7) is 5.89. The lowest BCUT2D eigenvalue weighted by molar-refractivity contribution is -0.141. The van der Waals surface area contributed by atoms with Crippen LogP contribution in [0.15, 0.2) is 36.2 Å². The van der Waals surface area contributed by atoms with Gasteiger partial charge in [-0.15, -0.1) is 17.9 Å². The van der Waals surface area contributed by atoms with Gasteiger partial charge in [0.05, 0.1) is 19.2 Å². The fraction of sp³-hybridized carbons (Fsp3) is 0.469. The van der Waals surface area contributed by atoms with Crippen LogP contribution in [0, 0.1) is 6.92 Å². The molecule has 0 radical (unpaired) electrons. The average molecular weight is 802 g/mol. The van der Waals surface area contributed by atoms with Crippen molar-refractivity contribution < 1.29 is 42.1 Å². The van der Waals surface area contributed by atoms with Gasteiger partial charge < -0.3 is 29.7 Å². The van der Waals surface area contributed by atoms with E-state index < -0.39 is 41.6 Å². The summed E-state index contributed by atoms with van der Waals surface area (Å²) in [6, 6.07) is 3.31. The molecule has 3 aromatic rings. The Hall–Kier alpha value is -3.67. The van der Waals surface area contributed by atoms with Gasteiger partial charge in [0.2, 0.25) is 5.91 Å². The van der Waals surface area contributed by atoms with Gasteiger partial charge >= 0.3 is 18.2 Å². The number of hydrogen-bond acceptors (Lipinski definition) is 8. The maximum absolute atomic E-state index is 13.7. The zero-order valence-corrected chi connectivity index (χ0v) is 29.4. The van der Waals surface area contributed by atoms with Crippen LogP contribution < -0.4 is 14.8 Å². The summed E-state index contributed by atoms with van der Waals surface area (Å²) in [7, 11) is 3.15. The Kier molecular flexibility index (Phi) is 10.4. The highest BCUT2D eigenvalue weighted by atomic mass is 127. The second-order valence-corrected chi connectivity index (χ2v) is 14.3. The molecular formula is C32H35F3IN5O6S. The van der Waals surface area contributed by atoms with Crippen LogP contribution in [0.4, 0.5) is 18.0 Å². The number of carbonyl (C=O) groups is 3. The number of alkyl halides is 4. The van der Waals surface area contributed by atoms with Crippen LogP contribution in [-0.2, 0) is 15.8 Å². The first-order valence-corrected chi connectivity index (χ1v) is 17.3. The second-order valence-electron chi connectivity index (χ2n) is 11.9. The number of carbonyl (C=O) groups excluding carboxylic acids is 2. The number of unbranched alkanes of at least 4 members (excludes halogenated alkanes) is 2. The number of aliphatic carboxylic acids is 1. The van der Waals surface area contributed by atoms with Gasteiger partial charge in [-0.05, 0) is 44.7 Å². The summed E-state index contributed by atoms with van der Waals surface area (Å²) < 4.78 is 51.8. The van der Waals surface area contributed by atoms with E-state index in [1.807, 2.05) is 22.6 Å². The summed E-state index contributed by atoms with van der Waals surface area (Å²) in [5.74, 6) is -0.678. The third-order valence-electron chi connectivity index (χ3n) is 8.60. The molecule has 1 aliphatic carbocycles. The van der Waals surface area contributed by atoms with Gasteiger partial charge in [0.25, 0.3) is 0 Å². The SMILES string of the molecule is C=CCCCCN(C)C(=O)[C@@H]1C[C@H](Oc2cc(-c3nc(C(F)(F)F)cs3)nc3c(C)c(OC)ccc23)CN1C(=O)N[C@]1(C(=O)O)C[C@H]1I. The summed E-state index contributed by atoms with van der Waals surface area (Å²) in [5, 5.41) is 14.0. The lowest BCUT2D eigenvalue weighted by Crippen LogP contribution is -2.55. The normalized spacial score (nSPS) is 22.0. The van der Waals surface area contributed by atoms with Crippen molar-refractivity contribution >= 4 is 62.7 Å². The number of methoxy groups -OCH3 is 1. The number of thiazole rings is 1. The number of nitrogens with zero attached hydrogens (tertiary/aromatic N) is 4. The number of carboxylic acid groups (broad SMARTS) is 1. The maximum Gasteiger partial charge on any atom is 0.434 e. The number of aryl methyl sites for hydroxylation is 1. The molecule has 2 aliphatic rings. The van der Waals surface area contributed by atoms with Gasteiger partial charge in [-0.25, -0.2) is 19.6 Å². The molecule has 1 aliphatic heterocycles. The van der Waals surface area contributed by atoms with E-state index in [2.05, 4.69) is 21.9 Å². The van der Waals surface area contributed by atoms with E-state index in [9.17, 15) is 32.7 Å². The fourth-order valence-electron chi connectivity index (χ4n) is 5.74. The summed E-state index contributed by atoms with van der Waals surface area (Å²) in [5.41, 5.74) is -1.25. The van der Waals surface area contributed by atoms with Gasteiger partial charge in [0.15, 0.2) is 11.2 Å². The molecule has 1 aromatic carbocycles. The van der Waals surface area contributed by atoms with Crippen molar-refractivity contribution in [1.82, 2.24) is 25.1 Å². The number of rotatable bonds is 12. The molecule has 2 N–H and O–H groups in total. The van der Waals surface area contributed by atoms with Crippen LogP contribution >= 0.6 is 33.9 Å². The van der Waals surface area contributed by atoms with Crippen molar-refractivity contribution in [1.29, 1.82) is 0 Å². The number of halogens is 4. The molecule has 0 unspecified atom stereocenters. The molecule has 2 aromatic heterocycles. The predicted octanol–water partition coefficient (Wildman–Crippen LogP) is 6.07. The lowest BCUT2D eigenvalue weighted by atomic mass is 10.1. The Morgan fingerprint density at radius 1 is 1.27 bits per heavy atom. The van der Waals surface area contributed by atoms with Gasteiger partial charge in [-0.1, -0.05) is 28.7 Å². The number of amides is 3. The van der Waals surface area contributed by atoms with Crippen LogP contribution in [0.2, 0.25) is 0 Å². The molecule has 48 heavy (non-hydrogen) atoms. The molecule has 3 amide bonds. The second kappa shape index (κ2) is 14.1. The van der Waals surface area contributed by atoms with E-state index in [1.165, 1.54) is 18.1 Å². The fourth-order valence-corrected chi connectivity index (χ4v) is 7.65. The molecular weight excluding hydrogens is 766 g/mol. The average Bonchev–Trinajstić information content (AvgIpc) is 3.38. The number of likely N-dealkylation sites (tertiary alicyclic amines) is 1. The monoisotopic (exact) mass is 801 g/mol. The summed E-state index contributed by atoms with van der Waals surface area (Å²) in [4.78, 5) is 50.7. The largest absolute Gasteiger partial charge is 0.496 e. The van der Waals surface area contributed by atoms with Crippen LogP contribution in [-0.4, -0.2) is 91.6 Å². The first-order valence-electron chi connectivity index (χ1n) is 15.2. The number of nitrogens with one attached hydrogen (secondary N) is 1. The highest BCUT2D eigenvalue weighted by Crippen LogP contribution is 2.44. The molecule has 258 valence electrons. The highest BCUT2D eigenvalue weighted by Gasteiger charge is 2.61. The van der Waals surface area contributed by atoms with E-state index >= 15 is 0 Å². The number of aromatic nitrogens is 2. The number of allylic oxidation sites excluding steroid dienone is 1. The first kappa shape index (κ1) is 35.6. The Morgan fingerprint density at radius 3 is 2.60 bits per heavy atom. The van der Waals surface area contributed by atoms with Crippen molar-refractivity contribution in [3.63, 3.8) is 0 Å². The van der Waals surface area contributed by atoms with Crippen LogP contribution in [0.5, 0.6) is 11.5 Å². The Bertz CT molecular complexity index is 1740. The minimum Gasteiger partial charge on any atom is -0.496 e. The van der Waals surface area contributed by atoms with Crippen molar-refractivity contribution in [2.75, 3.05) is 27.2 Å². The van der Waals surface area contributed by atoms with E-state index in [0.717, 1.165) is 36.0 Å². The standard InChI is InChI=1S/C32H35F3IN5O6S/c1-5-6-7-8-11-40(3)28(42)21-12-18(15-41(21)30(45)39-31(29(43)44)14-24(31)36)47-23-13-20(27-38-25(16-48-27)32(33,34)35)37-26-17(2)22(46-4)10-9-19(23)26/h5,9-10,13,16,18,21,24H,1,6-8,11-12,14-15H2,2-4H3,(H,39,45)(H,43,44)/t18-,21-,24+,31+/m0/s1. The van der Waals surface area contributed by atoms with Crippen LogP contribution in [0.25, 0.3) is 21.6 Å². The Balaban J connectivity index is 1.48. The van der Waals surface area contributed by atoms with E-state index in [1.54, 1.807) is 37.1 Å². The third-order valence-corrected chi connectivity index (χ3v) is 11.0. The molecule has 3 heterocycles. The predicted molar refractivity (Wildman–Crippen MR) is 182 cm³/mol. The number of ether oxygens (including phenoxy) is 2. The lowest BCUT2D eigenvalue weighted by Gasteiger charge is -2.29. The van der Waals surface area contributed by atoms with E-state index in [0.29, 0.717) is 28.8 Å². The van der Waals surface area contributed by atoms with Gasteiger partial charge in [0, 0.05) is 46.3 Å². The quantitative estimate of drug-likeness (QED) is 0.0977. The molecule has 0 bridgehead atoms. The topological polar surface area (TPSA) is 134 Å². The maximum atomic E-state index is 13.7. The third kappa shape index (κ3) is 7.18. The van der Waals surface area contributed by atoms with E-state index in [4.69, 9.17) is 9.47 Å². The molecule has 2 fully saturated rings. The number of likely N-dealkylation sites (N-methyl/N-ethyl adjacent to an activating group) is 1. The zero-order chi connectivity index (χ0) is 35.0. The molecule has 0 spiro atoms. The molecule has 11 nitrogen and oxygen atoms in total. The van der Waals surface area contributed by atoms with Gasteiger partial charge in [-0.3, -0.25) is 4.79 Å². The smallest absolute Gasteiger partial charge is 0.434 e. The number of benzene rings is 1. The summed E-state index contributed by atoms with van der Waals surface area (Å²) in [6.07, 6.45) is -0.827. The zero-order valence-electron chi connectivity index (χ0n) is 26.5. The van der Waals surface area contributed by atoms with Gasteiger partial charge in [-0.2, -0.15) is 13.2 Å². The minimum absolute atomic E-state index is 0.0339. The van der Waals surface area contributed by atoms with Crippen molar-refractivity contribution in [2.24, 2.45) is 0 Å². The van der Waals surface area contributed by atoms with Crippen molar-refractivity contribution in [3.05, 3.63) is 47.5 Å². The highest BCUT2D eigenvalue weighted by molar-refractivity contribution is 14.1. The number of hydrogen-bond donors (Lipinski definition) is 2. The van der Waals surface area contributed by atoms with Gasteiger partial charge in [0.1, 0.15) is 34.3 Å². The molecule has 5 rings (SSSR count). The minimum atomic E-state index is -4.63. The number of urea groups is 1. The molecule has 1 saturated heterocycles. The number of pyridine rings is 1. The Morgan fingerprint density at radius 2 is 2.00 bits per heavy atom. The summed E-state index contributed by atoms with van der Waals surface area (Å²) >= 11 is 2.77. The van der Waals surface area contributed by atoms with Crippen LogP contribution in [0.1, 0.15) is 43.4 Å². The molecule has 4 atom stereocenters. The number of fused-ring (bicyclic) bond motifs is 1. The number of carboxylic acids is 1. The van der Waals surface area contributed by atoms with Crippen LogP contribution in [0.3, 0.4) is 0 Å². The molecule has 1 saturated carbocycles. The van der Waals surface area contributed by atoms with Crippen molar-refractivity contribution in [2.45, 2.75) is 66.8 Å². The Labute approximate surface area is 292 Å². The first-order chi connectivity index (χ1) is 22.7. The van der Waals surface area contributed by atoms with E-state index in [-0.39, 0.29) is 45.7 Å². The van der Waals surface area contributed by atoms with Crippen molar-refractivity contribution in [3.8, 4) is 22.2 Å². The molecule has 16 heteroatoms.